The number of amides is 1. The Hall–Kier alpha value is -0.610. The van der Waals surface area contributed by atoms with Crippen molar-refractivity contribution < 1.29 is 9.90 Å². The van der Waals surface area contributed by atoms with E-state index in [4.69, 9.17) is 10.8 Å². The number of likely N-dealkylation sites (tertiary alicyclic amines) is 1. The van der Waals surface area contributed by atoms with E-state index in [9.17, 15) is 4.79 Å². The third-order valence-electron chi connectivity index (χ3n) is 2.83. The predicted molar refractivity (Wildman–Crippen MR) is 54.7 cm³/mol. The average Bonchev–Trinajstić information content (AvgIpc) is 2.65. The van der Waals surface area contributed by atoms with Gasteiger partial charge in [0, 0.05) is 13.0 Å². The zero-order chi connectivity index (χ0) is 10.6. The van der Waals surface area contributed by atoms with Crippen LogP contribution in [0.1, 0.15) is 26.2 Å². The van der Waals surface area contributed by atoms with Gasteiger partial charge in [0.25, 0.3) is 0 Å². The summed E-state index contributed by atoms with van der Waals surface area (Å²) in [5, 5.41) is 9.06. The van der Waals surface area contributed by atoms with Crippen LogP contribution in [0.15, 0.2) is 0 Å². The zero-order valence-corrected chi connectivity index (χ0v) is 8.78. The van der Waals surface area contributed by atoms with E-state index in [0.717, 1.165) is 19.4 Å². The number of carbonyl (C=O) groups excluding carboxylic acids is 1. The van der Waals surface area contributed by atoms with Crippen LogP contribution < -0.4 is 5.73 Å². The van der Waals surface area contributed by atoms with Gasteiger partial charge in [-0.25, -0.2) is 0 Å². The van der Waals surface area contributed by atoms with Crippen LogP contribution in [-0.4, -0.2) is 41.7 Å². The third-order valence-corrected chi connectivity index (χ3v) is 2.83. The van der Waals surface area contributed by atoms with Gasteiger partial charge >= 0.3 is 0 Å². The lowest BCUT2D eigenvalue weighted by molar-refractivity contribution is -0.133. The van der Waals surface area contributed by atoms with Crippen LogP contribution in [-0.2, 0) is 4.79 Å². The number of carbonyl (C=O) groups is 1. The topological polar surface area (TPSA) is 66.6 Å². The lowest BCUT2D eigenvalue weighted by atomic mass is 10.1. The molecule has 0 radical (unpaired) electrons. The second-order valence-electron chi connectivity index (χ2n) is 4.11. The van der Waals surface area contributed by atoms with Crippen molar-refractivity contribution in [3.05, 3.63) is 0 Å². The van der Waals surface area contributed by atoms with Crippen LogP contribution in [0.2, 0.25) is 0 Å². The van der Waals surface area contributed by atoms with Crippen LogP contribution in [0.3, 0.4) is 0 Å². The summed E-state index contributed by atoms with van der Waals surface area (Å²) >= 11 is 0. The monoisotopic (exact) mass is 200 g/mol. The summed E-state index contributed by atoms with van der Waals surface area (Å²) in [6.45, 7) is 3.40. The van der Waals surface area contributed by atoms with E-state index >= 15 is 0 Å². The molecule has 1 aliphatic heterocycles. The smallest absolute Gasteiger partial charge is 0.223 e. The summed E-state index contributed by atoms with van der Waals surface area (Å²) in [4.78, 5) is 13.5. The Morgan fingerprint density at radius 1 is 1.71 bits per heavy atom. The van der Waals surface area contributed by atoms with E-state index in [1.165, 1.54) is 0 Å². The molecule has 0 aromatic carbocycles. The standard InChI is InChI=1S/C10H20N2O2/c1-8(6-11)5-10(14)12-4-2-3-9(12)7-13/h8-9,13H,2-7,11H2,1H3/t8?,9-/m1/s1. The van der Waals surface area contributed by atoms with Crippen LogP contribution in [0, 0.1) is 5.92 Å². The molecule has 0 aromatic rings. The van der Waals surface area contributed by atoms with Crippen molar-refractivity contribution in [3.63, 3.8) is 0 Å². The molecule has 4 heteroatoms. The number of hydrogen-bond acceptors (Lipinski definition) is 3. The van der Waals surface area contributed by atoms with E-state index in [2.05, 4.69) is 0 Å². The molecule has 2 atom stereocenters. The molecule has 1 fully saturated rings. The first kappa shape index (κ1) is 11.5. The largest absolute Gasteiger partial charge is 0.394 e. The van der Waals surface area contributed by atoms with Gasteiger partial charge in [0.1, 0.15) is 0 Å². The summed E-state index contributed by atoms with van der Waals surface area (Å²) < 4.78 is 0. The number of nitrogens with zero attached hydrogens (tertiary/aromatic N) is 1. The van der Waals surface area contributed by atoms with Gasteiger partial charge in [0.2, 0.25) is 5.91 Å². The molecule has 3 N–H and O–H groups in total. The summed E-state index contributed by atoms with van der Waals surface area (Å²) in [5.41, 5.74) is 5.47. The molecule has 0 aromatic heterocycles. The van der Waals surface area contributed by atoms with Gasteiger partial charge in [-0.05, 0) is 25.3 Å². The first-order chi connectivity index (χ1) is 6.69. The van der Waals surface area contributed by atoms with Crippen molar-refractivity contribution in [3.8, 4) is 0 Å². The molecule has 0 saturated carbocycles. The number of aliphatic hydroxyl groups excluding tert-OH is 1. The maximum atomic E-state index is 11.7. The fraction of sp³-hybridized carbons (Fsp3) is 0.900. The Bertz CT molecular complexity index is 197. The van der Waals surface area contributed by atoms with Gasteiger partial charge < -0.3 is 15.7 Å². The zero-order valence-electron chi connectivity index (χ0n) is 8.78. The molecule has 1 rings (SSSR count). The minimum Gasteiger partial charge on any atom is -0.394 e. The average molecular weight is 200 g/mol. The van der Waals surface area contributed by atoms with Crippen molar-refractivity contribution >= 4 is 5.91 Å². The molecule has 1 unspecified atom stereocenters. The Balaban J connectivity index is 2.43. The van der Waals surface area contributed by atoms with Gasteiger partial charge in [-0.3, -0.25) is 4.79 Å². The summed E-state index contributed by atoms with van der Waals surface area (Å²) in [5.74, 6) is 0.377. The number of aliphatic hydroxyl groups is 1. The van der Waals surface area contributed by atoms with E-state index < -0.39 is 0 Å². The van der Waals surface area contributed by atoms with Crippen LogP contribution in [0.25, 0.3) is 0 Å². The van der Waals surface area contributed by atoms with Crippen LogP contribution in [0.4, 0.5) is 0 Å². The molecule has 0 bridgehead atoms. The summed E-state index contributed by atoms with van der Waals surface area (Å²) in [6.07, 6.45) is 2.44. The number of rotatable bonds is 4. The summed E-state index contributed by atoms with van der Waals surface area (Å²) in [6, 6.07) is 0.0486. The highest BCUT2D eigenvalue weighted by Crippen LogP contribution is 2.18. The van der Waals surface area contributed by atoms with Gasteiger partial charge in [0.15, 0.2) is 0 Å². The van der Waals surface area contributed by atoms with Gasteiger partial charge in [-0.1, -0.05) is 6.92 Å². The maximum absolute atomic E-state index is 11.7. The Kier molecular flexibility index (Phi) is 4.35. The van der Waals surface area contributed by atoms with E-state index in [1.54, 1.807) is 4.90 Å². The molecule has 1 saturated heterocycles. The highest BCUT2D eigenvalue weighted by Gasteiger charge is 2.28. The predicted octanol–water partition coefficient (Wildman–Crippen LogP) is -0.0454. The second kappa shape index (κ2) is 5.32. The van der Waals surface area contributed by atoms with Crippen LogP contribution in [0.5, 0.6) is 0 Å². The van der Waals surface area contributed by atoms with Crippen molar-refractivity contribution in [1.29, 1.82) is 0 Å². The first-order valence-electron chi connectivity index (χ1n) is 5.29. The molecule has 82 valence electrons. The summed E-state index contributed by atoms with van der Waals surface area (Å²) in [7, 11) is 0. The number of nitrogens with two attached hydrogens (primary N) is 1. The Morgan fingerprint density at radius 2 is 2.43 bits per heavy atom. The lowest BCUT2D eigenvalue weighted by Crippen LogP contribution is -2.38. The van der Waals surface area contributed by atoms with E-state index in [0.29, 0.717) is 13.0 Å². The van der Waals surface area contributed by atoms with Crippen molar-refractivity contribution in [2.45, 2.75) is 32.2 Å². The highest BCUT2D eigenvalue weighted by molar-refractivity contribution is 5.77. The SMILES string of the molecule is CC(CN)CC(=O)N1CCC[C@@H]1CO. The second-order valence-corrected chi connectivity index (χ2v) is 4.11. The normalized spacial score (nSPS) is 23.9. The fourth-order valence-corrected chi connectivity index (χ4v) is 1.85. The van der Waals surface area contributed by atoms with Gasteiger partial charge in [-0.15, -0.1) is 0 Å². The first-order valence-corrected chi connectivity index (χ1v) is 5.29. The van der Waals surface area contributed by atoms with Crippen molar-refractivity contribution in [2.24, 2.45) is 11.7 Å². The molecule has 0 aliphatic carbocycles. The molecular formula is C10H20N2O2. The number of hydrogen-bond donors (Lipinski definition) is 2. The van der Waals surface area contributed by atoms with Gasteiger partial charge in [0.05, 0.1) is 12.6 Å². The fourth-order valence-electron chi connectivity index (χ4n) is 1.85. The molecule has 1 aliphatic rings. The van der Waals surface area contributed by atoms with E-state index in [1.807, 2.05) is 6.92 Å². The minimum atomic E-state index is 0.0486. The molecule has 14 heavy (non-hydrogen) atoms. The Labute approximate surface area is 85.1 Å². The maximum Gasteiger partial charge on any atom is 0.223 e. The Morgan fingerprint density at radius 3 is 3.00 bits per heavy atom. The van der Waals surface area contributed by atoms with Gasteiger partial charge in [-0.2, -0.15) is 0 Å². The lowest BCUT2D eigenvalue weighted by Gasteiger charge is -2.24. The molecule has 0 spiro atoms. The highest BCUT2D eigenvalue weighted by atomic mass is 16.3. The van der Waals surface area contributed by atoms with Crippen LogP contribution >= 0.6 is 0 Å². The molecule has 1 heterocycles. The minimum absolute atomic E-state index is 0.0486. The molecular weight excluding hydrogens is 180 g/mol. The quantitative estimate of drug-likeness (QED) is 0.669. The van der Waals surface area contributed by atoms with Crippen molar-refractivity contribution in [2.75, 3.05) is 19.7 Å². The molecule has 4 nitrogen and oxygen atoms in total. The van der Waals surface area contributed by atoms with Crippen molar-refractivity contribution in [1.82, 2.24) is 4.90 Å². The third kappa shape index (κ3) is 2.69. The molecule has 1 amide bonds. The van der Waals surface area contributed by atoms with E-state index in [-0.39, 0.29) is 24.5 Å².